The molecule has 0 saturated carbocycles. The molecule has 4 heteroatoms. The van der Waals surface area contributed by atoms with Gasteiger partial charge < -0.3 is 15.5 Å². The molecule has 0 radical (unpaired) electrons. The first-order valence-corrected chi connectivity index (χ1v) is 5.59. The molecular weight excluding hydrogens is 258 g/mol. The van der Waals surface area contributed by atoms with Gasteiger partial charge in [0.05, 0.1) is 6.10 Å². The average Bonchev–Trinajstić information content (AvgIpc) is 2.15. The molecule has 0 aliphatic rings. The van der Waals surface area contributed by atoms with Crippen molar-refractivity contribution in [1.29, 1.82) is 0 Å². The zero-order chi connectivity index (χ0) is 11.6. The minimum absolute atomic E-state index is 0.253. The summed E-state index contributed by atoms with van der Waals surface area (Å²) in [6.45, 7) is 4.10. The summed E-state index contributed by atoms with van der Waals surface area (Å²) < 4.78 is 0.832. The van der Waals surface area contributed by atoms with E-state index < -0.39 is 6.10 Å². The minimum Gasteiger partial charge on any atom is -0.507 e. The van der Waals surface area contributed by atoms with Gasteiger partial charge in [0.25, 0.3) is 0 Å². The van der Waals surface area contributed by atoms with Gasteiger partial charge in [-0.1, -0.05) is 15.9 Å². The van der Waals surface area contributed by atoms with E-state index in [2.05, 4.69) is 21.2 Å². The molecule has 3 nitrogen and oxygen atoms in total. The van der Waals surface area contributed by atoms with Gasteiger partial charge in [-0.15, -0.1) is 0 Å². The fraction of sp³-hybridized carbons (Fsp3) is 0.455. The predicted molar refractivity (Wildman–Crippen MR) is 64.2 cm³/mol. The molecule has 0 aromatic heterocycles. The first-order valence-electron chi connectivity index (χ1n) is 4.80. The van der Waals surface area contributed by atoms with E-state index in [4.69, 9.17) is 0 Å². The number of phenols is 1. The molecule has 0 amide bonds. The predicted octanol–water partition coefficient (Wildman–Crippen LogP) is 2.02. The SMILES string of the molecule is CNCC(O)c1c(Br)cc(C)c(O)c1C. The number of phenolic OH excluding ortho intramolecular Hbond substituents is 1. The smallest absolute Gasteiger partial charge is 0.121 e. The van der Waals surface area contributed by atoms with Crippen LogP contribution in [0.1, 0.15) is 22.8 Å². The molecule has 0 heterocycles. The van der Waals surface area contributed by atoms with E-state index in [-0.39, 0.29) is 5.75 Å². The quantitative estimate of drug-likeness (QED) is 0.790. The Bertz CT molecular complexity index is 366. The van der Waals surface area contributed by atoms with Crippen molar-refractivity contribution >= 4 is 15.9 Å². The lowest BCUT2D eigenvalue weighted by Gasteiger charge is -2.17. The summed E-state index contributed by atoms with van der Waals surface area (Å²) in [4.78, 5) is 0. The van der Waals surface area contributed by atoms with Crippen molar-refractivity contribution in [3.63, 3.8) is 0 Å². The normalized spacial score (nSPS) is 12.9. The van der Waals surface area contributed by atoms with Crippen molar-refractivity contribution in [3.05, 3.63) is 27.2 Å². The Morgan fingerprint density at radius 2 is 2.07 bits per heavy atom. The molecule has 1 atom stereocenters. The molecule has 0 saturated heterocycles. The molecule has 0 aliphatic heterocycles. The van der Waals surface area contributed by atoms with Gasteiger partial charge in [-0.3, -0.25) is 0 Å². The number of aryl methyl sites for hydroxylation is 1. The maximum Gasteiger partial charge on any atom is 0.121 e. The van der Waals surface area contributed by atoms with Crippen LogP contribution in [-0.4, -0.2) is 23.8 Å². The molecule has 84 valence electrons. The molecule has 0 aliphatic carbocycles. The third-order valence-corrected chi connectivity index (χ3v) is 3.12. The molecule has 1 unspecified atom stereocenters. The van der Waals surface area contributed by atoms with Crippen molar-refractivity contribution < 1.29 is 10.2 Å². The van der Waals surface area contributed by atoms with Crippen LogP contribution in [0.25, 0.3) is 0 Å². The summed E-state index contributed by atoms with van der Waals surface area (Å²) in [7, 11) is 1.78. The van der Waals surface area contributed by atoms with E-state index in [0.29, 0.717) is 6.54 Å². The first-order chi connectivity index (χ1) is 6.99. The summed E-state index contributed by atoms with van der Waals surface area (Å²) in [6, 6.07) is 1.82. The van der Waals surface area contributed by atoms with E-state index in [1.54, 1.807) is 14.0 Å². The van der Waals surface area contributed by atoms with Crippen molar-refractivity contribution in [2.75, 3.05) is 13.6 Å². The highest BCUT2D eigenvalue weighted by molar-refractivity contribution is 9.10. The molecule has 0 spiro atoms. The van der Waals surface area contributed by atoms with E-state index >= 15 is 0 Å². The second-order valence-electron chi connectivity index (χ2n) is 3.64. The van der Waals surface area contributed by atoms with Gasteiger partial charge >= 0.3 is 0 Å². The van der Waals surface area contributed by atoms with Crippen LogP contribution in [0.2, 0.25) is 0 Å². The van der Waals surface area contributed by atoms with Crippen molar-refractivity contribution in [3.8, 4) is 5.75 Å². The van der Waals surface area contributed by atoms with Gasteiger partial charge in [0.1, 0.15) is 5.75 Å². The highest BCUT2D eigenvalue weighted by Crippen LogP contribution is 2.34. The molecule has 1 aromatic carbocycles. The summed E-state index contributed by atoms with van der Waals surface area (Å²) in [6.07, 6.45) is -0.615. The topological polar surface area (TPSA) is 52.5 Å². The highest BCUT2D eigenvalue weighted by Gasteiger charge is 2.17. The van der Waals surface area contributed by atoms with Crippen molar-refractivity contribution in [1.82, 2.24) is 5.32 Å². The maximum absolute atomic E-state index is 9.89. The first kappa shape index (κ1) is 12.5. The molecule has 15 heavy (non-hydrogen) atoms. The molecule has 1 aromatic rings. The zero-order valence-corrected chi connectivity index (χ0v) is 10.7. The number of aliphatic hydroxyl groups excluding tert-OH is 1. The standard InChI is InChI=1S/C11H16BrNO2/c1-6-4-8(12)10(7(2)11(6)15)9(14)5-13-3/h4,9,13-15H,5H2,1-3H3. The lowest BCUT2D eigenvalue weighted by atomic mass is 9.99. The van der Waals surface area contributed by atoms with Crippen molar-refractivity contribution in [2.45, 2.75) is 20.0 Å². The Balaban J connectivity index is 3.23. The lowest BCUT2D eigenvalue weighted by Crippen LogP contribution is -2.18. The van der Waals surface area contributed by atoms with Crippen LogP contribution in [0.3, 0.4) is 0 Å². The molecule has 1 rings (SSSR count). The number of aromatic hydroxyl groups is 1. The summed E-state index contributed by atoms with van der Waals surface area (Å²) in [5, 5.41) is 22.6. The van der Waals surface area contributed by atoms with E-state index in [9.17, 15) is 10.2 Å². The van der Waals surface area contributed by atoms with Crippen LogP contribution in [0.15, 0.2) is 10.5 Å². The zero-order valence-electron chi connectivity index (χ0n) is 9.13. The van der Waals surface area contributed by atoms with Crippen LogP contribution in [0.5, 0.6) is 5.75 Å². The maximum atomic E-state index is 9.89. The van der Waals surface area contributed by atoms with Gasteiger partial charge in [0.15, 0.2) is 0 Å². The second kappa shape index (κ2) is 4.96. The Hall–Kier alpha value is -0.580. The number of rotatable bonds is 3. The van der Waals surface area contributed by atoms with Gasteiger partial charge in [-0.05, 0) is 38.1 Å². The van der Waals surface area contributed by atoms with Gasteiger partial charge in [0, 0.05) is 16.6 Å². The number of hydrogen-bond donors (Lipinski definition) is 3. The van der Waals surface area contributed by atoms with Crippen LogP contribution >= 0.6 is 15.9 Å². The van der Waals surface area contributed by atoms with Crippen LogP contribution in [-0.2, 0) is 0 Å². The number of hydrogen-bond acceptors (Lipinski definition) is 3. The minimum atomic E-state index is -0.615. The Kier molecular flexibility index (Phi) is 4.13. The number of aliphatic hydroxyl groups is 1. The Morgan fingerprint density at radius 3 is 2.60 bits per heavy atom. The van der Waals surface area contributed by atoms with E-state index in [1.165, 1.54) is 0 Å². The third-order valence-electron chi connectivity index (χ3n) is 2.46. The number of likely N-dealkylation sites (N-methyl/N-ethyl adjacent to an activating group) is 1. The third kappa shape index (κ3) is 2.51. The lowest BCUT2D eigenvalue weighted by molar-refractivity contribution is 0.176. The summed E-state index contributed by atoms with van der Waals surface area (Å²) >= 11 is 3.40. The van der Waals surface area contributed by atoms with Crippen molar-refractivity contribution in [2.24, 2.45) is 0 Å². The summed E-state index contributed by atoms with van der Waals surface area (Å²) in [5.41, 5.74) is 2.27. The monoisotopic (exact) mass is 273 g/mol. The highest BCUT2D eigenvalue weighted by atomic mass is 79.9. The fourth-order valence-corrected chi connectivity index (χ4v) is 2.55. The van der Waals surface area contributed by atoms with Crippen LogP contribution < -0.4 is 5.32 Å². The van der Waals surface area contributed by atoms with E-state index in [0.717, 1.165) is 21.2 Å². The number of halogens is 1. The van der Waals surface area contributed by atoms with E-state index in [1.807, 2.05) is 13.0 Å². The number of benzene rings is 1. The van der Waals surface area contributed by atoms with Gasteiger partial charge in [-0.25, -0.2) is 0 Å². The van der Waals surface area contributed by atoms with Crippen LogP contribution in [0.4, 0.5) is 0 Å². The van der Waals surface area contributed by atoms with Gasteiger partial charge in [-0.2, -0.15) is 0 Å². The Labute approximate surface area is 98.3 Å². The molecule has 3 N–H and O–H groups in total. The molecule has 0 bridgehead atoms. The van der Waals surface area contributed by atoms with Gasteiger partial charge in [0.2, 0.25) is 0 Å². The molecular formula is C11H16BrNO2. The number of nitrogens with one attached hydrogen (secondary N) is 1. The Morgan fingerprint density at radius 1 is 1.47 bits per heavy atom. The summed E-state index contributed by atoms with van der Waals surface area (Å²) in [5.74, 6) is 0.253. The molecule has 0 fully saturated rings. The second-order valence-corrected chi connectivity index (χ2v) is 4.49. The van der Waals surface area contributed by atoms with Crippen LogP contribution in [0, 0.1) is 13.8 Å². The fourth-order valence-electron chi connectivity index (χ4n) is 1.64. The average molecular weight is 274 g/mol. The largest absolute Gasteiger partial charge is 0.507 e.